The van der Waals surface area contributed by atoms with Crippen LogP contribution in [0.2, 0.25) is 0 Å². The topological polar surface area (TPSA) is 65.2 Å². The van der Waals surface area contributed by atoms with Crippen LogP contribution in [0.25, 0.3) is 10.9 Å². The quantitative estimate of drug-likeness (QED) is 0.802. The molecule has 1 aromatic carbocycles. The molecule has 1 aromatic heterocycles. The standard InChI is InChI=1S/C22H31N3O2S/c1-16(26)25(12-9-17-15-23-19-8-6-5-7-18(17)19)22(10-13-28-14-11-22)20(27)24-21(2,3)4/h5-8,15,23H,9-14H2,1-4H3,(H,24,27). The molecule has 0 aliphatic carbocycles. The van der Waals surface area contributed by atoms with Gasteiger partial charge in [0.2, 0.25) is 11.8 Å². The third-order valence-electron chi connectivity index (χ3n) is 5.41. The van der Waals surface area contributed by atoms with Crippen molar-refractivity contribution in [3.05, 3.63) is 36.0 Å². The predicted molar refractivity (Wildman–Crippen MR) is 117 cm³/mol. The van der Waals surface area contributed by atoms with Crippen molar-refractivity contribution in [2.75, 3.05) is 18.1 Å². The number of nitrogens with one attached hydrogen (secondary N) is 2. The van der Waals surface area contributed by atoms with Gasteiger partial charge in [0.25, 0.3) is 0 Å². The minimum Gasteiger partial charge on any atom is -0.361 e. The fourth-order valence-electron chi connectivity index (χ4n) is 4.03. The summed E-state index contributed by atoms with van der Waals surface area (Å²) >= 11 is 1.86. The third-order valence-corrected chi connectivity index (χ3v) is 6.39. The molecule has 0 unspecified atom stereocenters. The monoisotopic (exact) mass is 401 g/mol. The third kappa shape index (κ3) is 4.37. The van der Waals surface area contributed by atoms with E-state index in [1.807, 2.05) is 55.8 Å². The molecule has 2 amide bonds. The number of para-hydroxylation sites is 1. The molecule has 28 heavy (non-hydrogen) atoms. The van der Waals surface area contributed by atoms with Crippen LogP contribution >= 0.6 is 11.8 Å². The van der Waals surface area contributed by atoms with Gasteiger partial charge in [-0.1, -0.05) is 18.2 Å². The first-order valence-corrected chi connectivity index (χ1v) is 11.1. The molecule has 3 rings (SSSR count). The van der Waals surface area contributed by atoms with Gasteiger partial charge in [0.1, 0.15) is 5.54 Å². The average molecular weight is 402 g/mol. The van der Waals surface area contributed by atoms with E-state index < -0.39 is 5.54 Å². The summed E-state index contributed by atoms with van der Waals surface area (Å²) in [5.74, 6) is 1.74. The van der Waals surface area contributed by atoms with Gasteiger partial charge in [-0.2, -0.15) is 11.8 Å². The second-order valence-corrected chi connectivity index (χ2v) is 9.85. The van der Waals surface area contributed by atoms with E-state index in [1.165, 1.54) is 10.9 Å². The second kappa shape index (κ2) is 8.19. The molecular weight excluding hydrogens is 370 g/mol. The minimum atomic E-state index is -0.753. The Hall–Kier alpha value is -1.95. The van der Waals surface area contributed by atoms with Crippen LogP contribution < -0.4 is 5.32 Å². The Morgan fingerprint density at radius 1 is 1.21 bits per heavy atom. The summed E-state index contributed by atoms with van der Waals surface area (Å²) in [6.07, 6.45) is 4.14. The molecule has 2 heterocycles. The first-order valence-electron chi connectivity index (χ1n) is 9.96. The van der Waals surface area contributed by atoms with Crippen LogP contribution in [0.5, 0.6) is 0 Å². The van der Waals surface area contributed by atoms with Crippen LogP contribution in [-0.2, 0) is 16.0 Å². The molecule has 2 aromatic rings. The highest BCUT2D eigenvalue weighted by Crippen LogP contribution is 2.34. The van der Waals surface area contributed by atoms with E-state index in [1.54, 1.807) is 6.92 Å². The van der Waals surface area contributed by atoms with Crippen molar-refractivity contribution in [2.45, 2.75) is 58.0 Å². The summed E-state index contributed by atoms with van der Waals surface area (Å²) in [5.41, 5.74) is 1.20. The molecular formula is C22H31N3O2S. The molecule has 1 aliphatic rings. The van der Waals surface area contributed by atoms with Crippen molar-refractivity contribution in [1.29, 1.82) is 0 Å². The first-order chi connectivity index (χ1) is 13.2. The molecule has 6 heteroatoms. The van der Waals surface area contributed by atoms with Crippen LogP contribution in [0.4, 0.5) is 0 Å². The van der Waals surface area contributed by atoms with E-state index in [0.29, 0.717) is 19.4 Å². The minimum absolute atomic E-state index is 0.0190. The molecule has 5 nitrogen and oxygen atoms in total. The molecule has 1 aliphatic heterocycles. The van der Waals surface area contributed by atoms with Crippen LogP contribution in [0.1, 0.15) is 46.1 Å². The van der Waals surface area contributed by atoms with Crippen molar-refractivity contribution in [3.8, 4) is 0 Å². The number of hydrogen-bond donors (Lipinski definition) is 2. The lowest BCUT2D eigenvalue weighted by molar-refractivity contribution is -0.148. The van der Waals surface area contributed by atoms with E-state index >= 15 is 0 Å². The van der Waals surface area contributed by atoms with Gasteiger partial charge in [0, 0.05) is 36.1 Å². The Labute approximate surface area is 171 Å². The van der Waals surface area contributed by atoms with Crippen molar-refractivity contribution in [2.24, 2.45) is 0 Å². The lowest BCUT2D eigenvalue weighted by atomic mass is 9.87. The molecule has 0 saturated carbocycles. The van der Waals surface area contributed by atoms with Crippen molar-refractivity contribution >= 4 is 34.5 Å². The van der Waals surface area contributed by atoms with E-state index in [-0.39, 0.29) is 17.4 Å². The van der Waals surface area contributed by atoms with E-state index in [2.05, 4.69) is 22.4 Å². The Bertz CT molecular complexity index is 847. The zero-order valence-corrected chi connectivity index (χ0v) is 18.1. The number of carbonyl (C=O) groups excluding carboxylic acids is 2. The van der Waals surface area contributed by atoms with Gasteiger partial charge in [-0.05, 0) is 63.2 Å². The largest absolute Gasteiger partial charge is 0.361 e. The van der Waals surface area contributed by atoms with Crippen molar-refractivity contribution in [1.82, 2.24) is 15.2 Å². The number of carbonyl (C=O) groups is 2. The number of amides is 2. The number of benzene rings is 1. The summed E-state index contributed by atoms with van der Waals surface area (Å²) in [6, 6.07) is 8.19. The summed E-state index contributed by atoms with van der Waals surface area (Å²) in [6.45, 7) is 8.09. The maximum absolute atomic E-state index is 13.3. The molecule has 1 fully saturated rings. The van der Waals surface area contributed by atoms with E-state index in [0.717, 1.165) is 23.4 Å². The van der Waals surface area contributed by atoms with E-state index in [4.69, 9.17) is 0 Å². The van der Waals surface area contributed by atoms with Gasteiger partial charge in [-0.25, -0.2) is 0 Å². The summed E-state index contributed by atoms with van der Waals surface area (Å²) in [4.78, 5) is 31.1. The van der Waals surface area contributed by atoms with Crippen LogP contribution in [0.15, 0.2) is 30.5 Å². The lowest BCUT2D eigenvalue weighted by Gasteiger charge is -2.45. The Morgan fingerprint density at radius 3 is 2.54 bits per heavy atom. The number of rotatable bonds is 5. The summed E-state index contributed by atoms with van der Waals surface area (Å²) in [7, 11) is 0. The van der Waals surface area contributed by atoms with Gasteiger partial charge in [-0.15, -0.1) is 0 Å². The van der Waals surface area contributed by atoms with Gasteiger partial charge >= 0.3 is 0 Å². The summed E-state index contributed by atoms with van der Waals surface area (Å²) < 4.78 is 0. The fourth-order valence-corrected chi connectivity index (χ4v) is 5.20. The fraction of sp³-hybridized carbons (Fsp3) is 0.545. The highest BCUT2D eigenvalue weighted by atomic mass is 32.2. The highest BCUT2D eigenvalue weighted by Gasteiger charge is 2.47. The highest BCUT2D eigenvalue weighted by molar-refractivity contribution is 7.99. The number of aromatic nitrogens is 1. The molecule has 2 N–H and O–H groups in total. The van der Waals surface area contributed by atoms with Crippen LogP contribution in [-0.4, -0.2) is 50.8 Å². The average Bonchev–Trinajstić information content (AvgIpc) is 3.04. The van der Waals surface area contributed by atoms with E-state index in [9.17, 15) is 9.59 Å². The molecule has 0 spiro atoms. The van der Waals surface area contributed by atoms with Crippen LogP contribution in [0, 0.1) is 0 Å². The molecule has 0 radical (unpaired) electrons. The first kappa shape index (κ1) is 20.8. The SMILES string of the molecule is CC(=O)N(CCc1c[nH]c2ccccc12)C1(C(=O)NC(C)(C)C)CCSCC1. The number of fused-ring (bicyclic) bond motifs is 1. The maximum Gasteiger partial charge on any atom is 0.246 e. The number of aromatic amines is 1. The zero-order valence-electron chi connectivity index (χ0n) is 17.3. The number of thioether (sulfide) groups is 1. The Balaban J connectivity index is 1.86. The number of hydrogen-bond acceptors (Lipinski definition) is 3. The van der Waals surface area contributed by atoms with Crippen molar-refractivity contribution in [3.63, 3.8) is 0 Å². The number of nitrogens with zero attached hydrogens (tertiary/aromatic N) is 1. The normalized spacial score (nSPS) is 16.7. The lowest BCUT2D eigenvalue weighted by Crippen LogP contribution is -2.64. The molecule has 1 saturated heterocycles. The van der Waals surface area contributed by atoms with Crippen LogP contribution in [0.3, 0.4) is 0 Å². The van der Waals surface area contributed by atoms with Gasteiger partial charge in [0.15, 0.2) is 0 Å². The Morgan fingerprint density at radius 2 is 1.89 bits per heavy atom. The van der Waals surface area contributed by atoms with Crippen molar-refractivity contribution < 1.29 is 9.59 Å². The van der Waals surface area contributed by atoms with Gasteiger partial charge in [-0.3, -0.25) is 9.59 Å². The smallest absolute Gasteiger partial charge is 0.246 e. The Kier molecular flexibility index (Phi) is 6.08. The molecule has 0 atom stereocenters. The number of H-pyrrole nitrogens is 1. The maximum atomic E-state index is 13.3. The molecule has 152 valence electrons. The van der Waals surface area contributed by atoms with Gasteiger partial charge < -0.3 is 15.2 Å². The van der Waals surface area contributed by atoms with Gasteiger partial charge in [0.05, 0.1) is 0 Å². The second-order valence-electron chi connectivity index (χ2n) is 8.63. The summed E-state index contributed by atoms with van der Waals surface area (Å²) in [5, 5.41) is 4.32. The predicted octanol–water partition coefficient (Wildman–Crippen LogP) is 3.74. The molecule has 0 bridgehead atoms. The zero-order chi connectivity index (χ0) is 20.4.